The standard InChI is InChI=1S/C19H17N3O/c1-14-13-18-21(12-11-15-7-3-2-4-8-15)19(23)16-9-5-6-10-17(16)22(18)20-14/h2-10,13H,11-12H2,1H3. The summed E-state index contributed by atoms with van der Waals surface area (Å²) in [5, 5.41) is 5.26. The SMILES string of the molecule is Cc1cc2n(CCc3ccccc3)c(=O)c3ccccc3n2n1. The Morgan fingerprint density at radius 2 is 1.74 bits per heavy atom. The first-order valence-corrected chi connectivity index (χ1v) is 7.76. The third-order valence-electron chi connectivity index (χ3n) is 4.16. The molecular formula is C19H17N3O. The van der Waals surface area contributed by atoms with Crippen molar-refractivity contribution >= 4 is 16.6 Å². The Kier molecular flexibility index (Phi) is 3.23. The Hall–Kier alpha value is -2.88. The molecule has 23 heavy (non-hydrogen) atoms. The largest absolute Gasteiger partial charge is 0.292 e. The number of hydrogen-bond donors (Lipinski definition) is 0. The Morgan fingerprint density at radius 1 is 1.00 bits per heavy atom. The van der Waals surface area contributed by atoms with Gasteiger partial charge in [0.25, 0.3) is 5.56 Å². The quantitative estimate of drug-likeness (QED) is 0.583. The van der Waals surface area contributed by atoms with Crippen LogP contribution in [-0.2, 0) is 13.0 Å². The van der Waals surface area contributed by atoms with E-state index in [4.69, 9.17) is 0 Å². The summed E-state index contributed by atoms with van der Waals surface area (Å²) in [7, 11) is 0. The van der Waals surface area contributed by atoms with E-state index in [1.165, 1.54) is 5.56 Å². The topological polar surface area (TPSA) is 39.3 Å². The number of nitrogens with zero attached hydrogens (tertiary/aromatic N) is 3. The van der Waals surface area contributed by atoms with Crippen LogP contribution >= 0.6 is 0 Å². The predicted octanol–water partition coefficient (Wildman–Crippen LogP) is 3.20. The predicted molar refractivity (Wildman–Crippen MR) is 91.8 cm³/mol. The average molecular weight is 303 g/mol. The van der Waals surface area contributed by atoms with Crippen LogP contribution in [0.25, 0.3) is 16.6 Å². The van der Waals surface area contributed by atoms with Gasteiger partial charge in [0.05, 0.1) is 16.6 Å². The maximum atomic E-state index is 12.9. The van der Waals surface area contributed by atoms with Gasteiger partial charge in [0.15, 0.2) is 0 Å². The first-order valence-electron chi connectivity index (χ1n) is 7.76. The fraction of sp³-hybridized carbons (Fsp3) is 0.158. The van der Waals surface area contributed by atoms with Crippen LogP contribution in [0.15, 0.2) is 65.5 Å². The number of para-hydroxylation sites is 1. The Balaban J connectivity index is 1.90. The summed E-state index contributed by atoms with van der Waals surface area (Å²) in [6.07, 6.45) is 0.818. The van der Waals surface area contributed by atoms with E-state index in [1.807, 2.05) is 64.5 Å². The van der Waals surface area contributed by atoms with Gasteiger partial charge < -0.3 is 0 Å². The molecule has 4 nitrogen and oxygen atoms in total. The van der Waals surface area contributed by atoms with Crippen molar-refractivity contribution in [1.29, 1.82) is 0 Å². The summed E-state index contributed by atoms with van der Waals surface area (Å²) in [5.41, 5.74) is 3.89. The number of aryl methyl sites for hydroxylation is 3. The van der Waals surface area contributed by atoms with E-state index in [1.54, 1.807) is 0 Å². The molecule has 2 aromatic heterocycles. The van der Waals surface area contributed by atoms with Gasteiger partial charge in [-0.3, -0.25) is 9.36 Å². The molecule has 0 saturated carbocycles. The zero-order valence-corrected chi connectivity index (χ0v) is 12.9. The first-order chi connectivity index (χ1) is 11.2. The van der Waals surface area contributed by atoms with Gasteiger partial charge in [0.2, 0.25) is 0 Å². The van der Waals surface area contributed by atoms with Crippen molar-refractivity contribution in [2.45, 2.75) is 19.9 Å². The Morgan fingerprint density at radius 3 is 2.57 bits per heavy atom. The molecule has 2 heterocycles. The lowest BCUT2D eigenvalue weighted by Gasteiger charge is -2.11. The van der Waals surface area contributed by atoms with Gasteiger partial charge in [-0.25, -0.2) is 4.52 Å². The average Bonchev–Trinajstić information content (AvgIpc) is 2.97. The van der Waals surface area contributed by atoms with E-state index in [0.29, 0.717) is 11.9 Å². The number of fused-ring (bicyclic) bond motifs is 3. The second kappa shape index (κ2) is 5.39. The lowest BCUT2D eigenvalue weighted by atomic mass is 10.1. The highest BCUT2D eigenvalue weighted by atomic mass is 16.1. The van der Waals surface area contributed by atoms with Crippen LogP contribution in [0, 0.1) is 6.92 Å². The second-order valence-electron chi connectivity index (χ2n) is 5.77. The molecular weight excluding hydrogens is 286 g/mol. The van der Waals surface area contributed by atoms with Gasteiger partial charge in [-0.1, -0.05) is 42.5 Å². The van der Waals surface area contributed by atoms with E-state index >= 15 is 0 Å². The number of rotatable bonds is 3. The number of aromatic nitrogens is 3. The molecule has 114 valence electrons. The molecule has 0 saturated heterocycles. The zero-order chi connectivity index (χ0) is 15.8. The van der Waals surface area contributed by atoms with Crippen LogP contribution in [0.5, 0.6) is 0 Å². The first kappa shape index (κ1) is 13.8. The molecule has 0 aliphatic heterocycles. The smallest absolute Gasteiger partial charge is 0.261 e. The summed E-state index contributed by atoms with van der Waals surface area (Å²) in [4.78, 5) is 12.9. The van der Waals surface area contributed by atoms with Crippen molar-refractivity contribution in [3.63, 3.8) is 0 Å². The van der Waals surface area contributed by atoms with Gasteiger partial charge in [0.1, 0.15) is 5.65 Å². The third-order valence-corrected chi connectivity index (χ3v) is 4.16. The van der Waals surface area contributed by atoms with Crippen LogP contribution in [0.3, 0.4) is 0 Å². The molecule has 4 aromatic rings. The highest BCUT2D eigenvalue weighted by molar-refractivity contribution is 5.80. The Labute approximate surface area is 133 Å². The highest BCUT2D eigenvalue weighted by Crippen LogP contribution is 2.15. The summed E-state index contributed by atoms with van der Waals surface area (Å²) in [5.74, 6) is 0. The highest BCUT2D eigenvalue weighted by Gasteiger charge is 2.12. The maximum absolute atomic E-state index is 12.9. The maximum Gasteiger partial charge on any atom is 0.261 e. The van der Waals surface area contributed by atoms with Crippen molar-refractivity contribution in [3.8, 4) is 0 Å². The molecule has 0 fully saturated rings. The minimum Gasteiger partial charge on any atom is -0.292 e. The molecule has 2 aromatic carbocycles. The fourth-order valence-corrected chi connectivity index (χ4v) is 3.05. The van der Waals surface area contributed by atoms with Crippen molar-refractivity contribution < 1.29 is 0 Å². The molecule has 4 heteroatoms. The van der Waals surface area contributed by atoms with Crippen molar-refractivity contribution in [3.05, 3.63) is 82.3 Å². The second-order valence-corrected chi connectivity index (χ2v) is 5.77. The lowest BCUT2D eigenvalue weighted by Crippen LogP contribution is -2.23. The van der Waals surface area contributed by atoms with E-state index < -0.39 is 0 Å². The summed E-state index contributed by atoms with van der Waals surface area (Å²) >= 11 is 0. The molecule has 0 radical (unpaired) electrons. The molecule has 4 rings (SSSR count). The molecule has 0 aliphatic carbocycles. The normalized spacial score (nSPS) is 11.3. The Bertz CT molecular complexity index is 1040. The van der Waals surface area contributed by atoms with Crippen molar-refractivity contribution in [2.75, 3.05) is 0 Å². The minimum absolute atomic E-state index is 0.0453. The molecule has 0 unspecified atom stereocenters. The molecule has 0 spiro atoms. The van der Waals surface area contributed by atoms with Gasteiger partial charge >= 0.3 is 0 Å². The lowest BCUT2D eigenvalue weighted by molar-refractivity contribution is 0.681. The van der Waals surface area contributed by atoms with E-state index in [9.17, 15) is 4.79 Å². The number of benzene rings is 2. The fourth-order valence-electron chi connectivity index (χ4n) is 3.05. The van der Waals surface area contributed by atoms with Crippen LogP contribution in [0.1, 0.15) is 11.3 Å². The van der Waals surface area contributed by atoms with Gasteiger partial charge in [-0.05, 0) is 31.0 Å². The van der Waals surface area contributed by atoms with Gasteiger partial charge in [-0.2, -0.15) is 5.10 Å². The van der Waals surface area contributed by atoms with Crippen LogP contribution < -0.4 is 5.56 Å². The number of hydrogen-bond acceptors (Lipinski definition) is 2. The summed E-state index contributed by atoms with van der Waals surface area (Å²) < 4.78 is 3.70. The monoisotopic (exact) mass is 303 g/mol. The summed E-state index contributed by atoms with van der Waals surface area (Å²) in [6.45, 7) is 2.59. The summed E-state index contributed by atoms with van der Waals surface area (Å²) in [6, 6.07) is 19.8. The molecule has 0 aliphatic rings. The zero-order valence-electron chi connectivity index (χ0n) is 12.9. The van der Waals surface area contributed by atoms with E-state index in [-0.39, 0.29) is 5.56 Å². The van der Waals surface area contributed by atoms with Crippen LogP contribution in [-0.4, -0.2) is 14.2 Å². The molecule has 0 amide bonds. The molecule has 0 N–H and O–H groups in total. The van der Waals surface area contributed by atoms with Crippen LogP contribution in [0.2, 0.25) is 0 Å². The van der Waals surface area contributed by atoms with Crippen molar-refractivity contribution in [1.82, 2.24) is 14.2 Å². The van der Waals surface area contributed by atoms with E-state index in [0.717, 1.165) is 23.3 Å². The third kappa shape index (κ3) is 2.32. The van der Waals surface area contributed by atoms with E-state index in [2.05, 4.69) is 17.2 Å². The molecule has 0 bridgehead atoms. The van der Waals surface area contributed by atoms with Crippen molar-refractivity contribution in [2.24, 2.45) is 0 Å². The van der Waals surface area contributed by atoms with Gasteiger partial charge in [-0.15, -0.1) is 0 Å². The van der Waals surface area contributed by atoms with Gasteiger partial charge in [0, 0.05) is 12.6 Å². The molecule has 0 atom stereocenters. The van der Waals surface area contributed by atoms with Crippen LogP contribution in [0.4, 0.5) is 0 Å². The minimum atomic E-state index is 0.0453.